The molecule has 3 aromatic rings. The molecule has 0 saturated carbocycles. The topological polar surface area (TPSA) is 41.6 Å². The first-order valence-electron chi connectivity index (χ1n) is 5.74. The molecule has 0 atom stereocenters. The Hall–Kier alpha value is -2.16. The molecule has 17 heavy (non-hydrogen) atoms. The maximum atomic E-state index is 4.56. The lowest BCUT2D eigenvalue weighted by molar-refractivity contribution is 0.888. The first kappa shape index (κ1) is 10.0. The van der Waals surface area contributed by atoms with Gasteiger partial charge < -0.3 is 4.98 Å². The van der Waals surface area contributed by atoms with Gasteiger partial charge in [-0.3, -0.25) is 4.98 Å². The Balaban J connectivity index is 1.77. The molecule has 0 fully saturated rings. The molecule has 0 spiro atoms. The van der Waals surface area contributed by atoms with Gasteiger partial charge in [0.05, 0.1) is 11.0 Å². The SMILES string of the molecule is c1ccc2[nH]c(CCc3ccncc3)nc2c1. The molecule has 0 radical (unpaired) electrons. The Bertz CT molecular complexity index is 580. The molecule has 0 aliphatic heterocycles. The molecule has 2 heterocycles. The van der Waals surface area contributed by atoms with E-state index in [0.29, 0.717) is 0 Å². The van der Waals surface area contributed by atoms with Crippen LogP contribution < -0.4 is 0 Å². The molecule has 0 aliphatic rings. The predicted molar refractivity (Wildman–Crippen MR) is 67.7 cm³/mol. The molecular weight excluding hydrogens is 210 g/mol. The van der Waals surface area contributed by atoms with Crippen molar-refractivity contribution in [3.63, 3.8) is 0 Å². The van der Waals surface area contributed by atoms with Crippen molar-refractivity contribution in [1.82, 2.24) is 15.0 Å². The molecule has 3 rings (SSSR count). The summed E-state index contributed by atoms with van der Waals surface area (Å²) in [5.41, 5.74) is 3.44. The average molecular weight is 223 g/mol. The second-order valence-electron chi connectivity index (χ2n) is 4.06. The molecule has 0 unspecified atom stereocenters. The number of aromatic nitrogens is 3. The predicted octanol–water partition coefficient (Wildman–Crippen LogP) is 2.74. The van der Waals surface area contributed by atoms with Gasteiger partial charge in [-0.1, -0.05) is 12.1 Å². The number of nitrogens with zero attached hydrogens (tertiary/aromatic N) is 2. The lowest BCUT2D eigenvalue weighted by atomic mass is 10.1. The van der Waals surface area contributed by atoms with E-state index in [1.54, 1.807) is 0 Å². The van der Waals surface area contributed by atoms with E-state index in [1.807, 2.05) is 42.7 Å². The van der Waals surface area contributed by atoms with Gasteiger partial charge in [-0.15, -0.1) is 0 Å². The number of H-pyrrole nitrogens is 1. The van der Waals surface area contributed by atoms with Crippen LogP contribution in [0.4, 0.5) is 0 Å². The van der Waals surface area contributed by atoms with Gasteiger partial charge in [-0.05, 0) is 36.2 Å². The van der Waals surface area contributed by atoms with E-state index in [4.69, 9.17) is 0 Å². The van der Waals surface area contributed by atoms with Crippen molar-refractivity contribution < 1.29 is 0 Å². The van der Waals surface area contributed by atoms with Crippen molar-refractivity contribution in [3.8, 4) is 0 Å². The van der Waals surface area contributed by atoms with Gasteiger partial charge in [-0.25, -0.2) is 4.98 Å². The molecule has 3 heteroatoms. The van der Waals surface area contributed by atoms with Gasteiger partial charge in [0.2, 0.25) is 0 Å². The third kappa shape index (κ3) is 2.18. The number of aryl methyl sites for hydroxylation is 2. The van der Waals surface area contributed by atoms with Crippen molar-refractivity contribution in [2.45, 2.75) is 12.8 Å². The van der Waals surface area contributed by atoms with E-state index >= 15 is 0 Å². The standard InChI is InChI=1S/C14H13N3/c1-2-4-13-12(3-1)16-14(17-13)6-5-11-7-9-15-10-8-11/h1-4,7-10H,5-6H2,(H,16,17). The number of hydrogen-bond donors (Lipinski definition) is 1. The summed E-state index contributed by atoms with van der Waals surface area (Å²) < 4.78 is 0. The first-order valence-corrected chi connectivity index (χ1v) is 5.74. The molecule has 0 saturated heterocycles. The quantitative estimate of drug-likeness (QED) is 0.741. The fourth-order valence-corrected chi connectivity index (χ4v) is 1.94. The lowest BCUT2D eigenvalue weighted by Crippen LogP contribution is -1.93. The van der Waals surface area contributed by atoms with Gasteiger partial charge in [0.15, 0.2) is 0 Å². The molecule has 84 valence electrons. The van der Waals surface area contributed by atoms with Gasteiger partial charge in [-0.2, -0.15) is 0 Å². The Morgan fingerprint density at radius 3 is 2.59 bits per heavy atom. The third-order valence-corrected chi connectivity index (χ3v) is 2.84. The van der Waals surface area contributed by atoms with Crippen LogP contribution in [0.15, 0.2) is 48.8 Å². The number of rotatable bonds is 3. The van der Waals surface area contributed by atoms with E-state index in [0.717, 1.165) is 29.7 Å². The summed E-state index contributed by atoms with van der Waals surface area (Å²) in [5.74, 6) is 1.04. The maximum Gasteiger partial charge on any atom is 0.107 e. The first-order chi connectivity index (χ1) is 8.42. The van der Waals surface area contributed by atoms with E-state index in [9.17, 15) is 0 Å². The van der Waals surface area contributed by atoms with E-state index in [-0.39, 0.29) is 0 Å². The average Bonchev–Trinajstić information content (AvgIpc) is 2.80. The second kappa shape index (κ2) is 4.37. The summed E-state index contributed by atoms with van der Waals surface area (Å²) in [6.45, 7) is 0. The van der Waals surface area contributed by atoms with Crippen LogP contribution in [0.5, 0.6) is 0 Å². The largest absolute Gasteiger partial charge is 0.342 e. The fourth-order valence-electron chi connectivity index (χ4n) is 1.94. The highest BCUT2D eigenvalue weighted by Crippen LogP contribution is 2.11. The highest BCUT2D eigenvalue weighted by Gasteiger charge is 2.01. The molecule has 0 aliphatic carbocycles. The maximum absolute atomic E-state index is 4.56. The van der Waals surface area contributed by atoms with Crippen molar-refractivity contribution in [3.05, 3.63) is 60.2 Å². The van der Waals surface area contributed by atoms with Crippen molar-refractivity contribution in [1.29, 1.82) is 0 Å². The number of para-hydroxylation sites is 2. The zero-order chi connectivity index (χ0) is 11.5. The summed E-state index contributed by atoms with van der Waals surface area (Å²) in [4.78, 5) is 11.9. The Labute approximate surface area is 99.5 Å². The minimum absolute atomic E-state index is 0.929. The lowest BCUT2D eigenvalue weighted by Gasteiger charge is -1.97. The van der Waals surface area contributed by atoms with Gasteiger partial charge in [0, 0.05) is 18.8 Å². The molecule has 0 amide bonds. The second-order valence-corrected chi connectivity index (χ2v) is 4.06. The molecule has 0 bridgehead atoms. The highest BCUT2D eigenvalue weighted by molar-refractivity contribution is 5.74. The summed E-state index contributed by atoms with van der Waals surface area (Å²) in [6, 6.07) is 12.2. The van der Waals surface area contributed by atoms with E-state index in [1.165, 1.54) is 5.56 Å². The van der Waals surface area contributed by atoms with Crippen LogP contribution in [0.2, 0.25) is 0 Å². The minimum Gasteiger partial charge on any atom is -0.342 e. The monoisotopic (exact) mass is 223 g/mol. The van der Waals surface area contributed by atoms with Crippen LogP contribution in [-0.2, 0) is 12.8 Å². The van der Waals surface area contributed by atoms with Crippen LogP contribution in [0.25, 0.3) is 11.0 Å². The number of imidazole rings is 1. The van der Waals surface area contributed by atoms with Gasteiger partial charge >= 0.3 is 0 Å². The number of nitrogens with one attached hydrogen (secondary N) is 1. The van der Waals surface area contributed by atoms with Crippen LogP contribution >= 0.6 is 0 Å². The zero-order valence-electron chi connectivity index (χ0n) is 9.43. The summed E-state index contributed by atoms with van der Waals surface area (Å²) >= 11 is 0. The third-order valence-electron chi connectivity index (χ3n) is 2.84. The van der Waals surface area contributed by atoms with Crippen LogP contribution in [0.1, 0.15) is 11.4 Å². The van der Waals surface area contributed by atoms with Crippen LogP contribution in [-0.4, -0.2) is 15.0 Å². The van der Waals surface area contributed by atoms with Crippen molar-refractivity contribution >= 4 is 11.0 Å². The molecule has 1 N–H and O–H groups in total. The van der Waals surface area contributed by atoms with E-state index in [2.05, 4.69) is 21.0 Å². The number of fused-ring (bicyclic) bond motifs is 1. The Morgan fingerprint density at radius 2 is 1.76 bits per heavy atom. The molecule has 2 aromatic heterocycles. The molecule has 3 nitrogen and oxygen atoms in total. The summed E-state index contributed by atoms with van der Waals surface area (Å²) in [5, 5.41) is 0. The number of benzene rings is 1. The van der Waals surface area contributed by atoms with Crippen molar-refractivity contribution in [2.24, 2.45) is 0 Å². The van der Waals surface area contributed by atoms with Gasteiger partial charge in [0.1, 0.15) is 5.82 Å². The fraction of sp³-hybridized carbons (Fsp3) is 0.143. The Morgan fingerprint density at radius 1 is 0.941 bits per heavy atom. The summed E-state index contributed by atoms with van der Waals surface area (Å²) in [7, 11) is 0. The normalized spacial score (nSPS) is 10.8. The number of aromatic amines is 1. The van der Waals surface area contributed by atoms with Crippen LogP contribution in [0, 0.1) is 0 Å². The highest BCUT2D eigenvalue weighted by atomic mass is 14.9. The van der Waals surface area contributed by atoms with E-state index < -0.39 is 0 Å². The molecular formula is C14H13N3. The Kier molecular flexibility index (Phi) is 2.58. The van der Waals surface area contributed by atoms with Gasteiger partial charge in [0.25, 0.3) is 0 Å². The number of hydrogen-bond acceptors (Lipinski definition) is 2. The minimum atomic E-state index is 0.929. The molecule has 1 aromatic carbocycles. The zero-order valence-corrected chi connectivity index (χ0v) is 9.43. The number of pyridine rings is 1. The smallest absolute Gasteiger partial charge is 0.107 e. The summed E-state index contributed by atoms with van der Waals surface area (Å²) in [6.07, 6.45) is 5.57. The van der Waals surface area contributed by atoms with Crippen molar-refractivity contribution in [2.75, 3.05) is 0 Å². The van der Waals surface area contributed by atoms with Crippen LogP contribution in [0.3, 0.4) is 0 Å².